The number of benzene rings is 1. The molecule has 1 atom stereocenters. The molecular weight excluding hydrogens is 323 g/mol. The highest BCUT2D eigenvalue weighted by Crippen LogP contribution is 2.35. The molecule has 2 aromatic rings. The molecule has 1 unspecified atom stereocenters. The van der Waals surface area contributed by atoms with Crippen LogP contribution in [-0.2, 0) is 6.18 Å². The second-order valence-electron chi connectivity index (χ2n) is 3.97. The second kappa shape index (κ2) is 5.38. The van der Waals surface area contributed by atoms with Crippen molar-refractivity contribution in [3.8, 4) is 0 Å². The third kappa shape index (κ3) is 3.01. The van der Waals surface area contributed by atoms with Crippen molar-refractivity contribution in [2.45, 2.75) is 12.2 Å². The predicted molar refractivity (Wildman–Crippen MR) is 68.8 cm³/mol. The van der Waals surface area contributed by atoms with E-state index in [1.165, 1.54) is 12.3 Å². The summed E-state index contributed by atoms with van der Waals surface area (Å²) in [7, 11) is 1.67. The van der Waals surface area contributed by atoms with Gasteiger partial charge in [0.15, 0.2) is 0 Å². The van der Waals surface area contributed by atoms with Gasteiger partial charge in [-0.2, -0.15) is 13.2 Å². The van der Waals surface area contributed by atoms with Crippen LogP contribution in [0.1, 0.15) is 22.9 Å². The molecule has 0 aliphatic carbocycles. The SMILES string of the molecule is CNC(c1ccco1)c1cc(C(F)(F)F)ccc1Br. The number of halogens is 4. The Bertz CT molecular complexity index is 552. The Morgan fingerprint density at radius 3 is 2.53 bits per heavy atom. The molecule has 0 aliphatic heterocycles. The zero-order chi connectivity index (χ0) is 14.0. The highest BCUT2D eigenvalue weighted by Gasteiger charge is 2.32. The zero-order valence-electron chi connectivity index (χ0n) is 9.96. The maximum absolute atomic E-state index is 12.8. The number of alkyl halides is 3. The minimum absolute atomic E-state index is 0.438. The van der Waals surface area contributed by atoms with E-state index in [0.29, 0.717) is 15.8 Å². The first kappa shape index (κ1) is 14.1. The molecule has 1 heterocycles. The van der Waals surface area contributed by atoms with Gasteiger partial charge in [0.25, 0.3) is 0 Å². The summed E-state index contributed by atoms with van der Waals surface area (Å²) in [5.41, 5.74) is -0.204. The van der Waals surface area contributed by atoms with Crippen molar-refractivity contribution in [3.63, 3.8) is 0 Å². The van der Waals surface area contributed by atoms with Crippen molar-refractivity contribution in [3.05, 3.63) is 58.0 Å². The summed E-state index contributed by atoms with van der Waals surface area (Å²) in [6.07, 6.45) is -2.88. The fourth-order valence-electron chi connectivity index (χ4n) is 1.85. The Labute approximate surface area is 116 Å². The lowest BCUT2D eigenvalue weighted by Gasteiger charge is -2.18. The smallest absolute Gasteiger partial charge is 0.416 e. The first-order valence-electron chi connectivity index (χ1n) is 5.51. The molecular formula is C13H11BrF3NO. The van der Waals surface area contributed by atoms with Crippen molar-refractivity contribution in [1.82, 2.24) is 5.32 Å². The number of nitrogens with one attached hydrogen (secondary N) is 1. The molecule has 1 N–H and O–H groups in total. The Morgan fingerprint density at radius 2 is 2.00 bits per heavy atom. The lowest BCUT2D eigenvalue weighted by Crippen LogP contribution is -2.18. The van der Waals surface area contributed by atoms with E-state index in [4.69, 9.17) is 4.42 Å². The van der Waals surface area contributed by atoms with Crippen LogP contribution in [0.5, 0.6) is 0 Å². The molecule has 0 fully saturated rings. The topological polar surface area (TPSA) is 25.2 Å². The number of hydrogen-bond donors (Lipinski definition) is 1. The zero-order valence-corrected chi connectivity index (χ0v) is 11.5. The quantitative estimate of drug-likeness (QED) is 0.902. The van der Waals surface area contributed by atoms with E-state index in [1.54, 1.807) is 19.2 Å². The van der Waals surface area contributed by atoms with Gasteiger partial charge in [0, 0.05) is 4.47 Å². The molecule has 0 bridgehead atoms. The molecule has 2 nitrogen and oxygen atoms in total. The molecule has 102 valence electrons. The van der Waals surface area contributed by atoms with E-state index in [2.05, 4.69) is 21.2 Å². The van der Waals surface area contributed by atoms with Gasteiger partial charge in [0.05, 0.1) is 17.9 Å². The molecule has 1 aromatic carbocycles. The Kier molecular flexibility index (Phi) is 4.01. The van der Waals surface area contributed by atoms with Crippen molar-refractivity contribution >= 4 is 15.9 Å². The maximum Gasteiger partial charge on any atom is 0.416 e. The monoisotopic (exact) mass is 333 g/mol. The van der Waals surface area contributed by atoms with Gasteiger partial charge in [-0.3, -0.25) is 0 Å². The second-order valence-corrected chi connectivity index (χ2v) is 4.83. The standard InChI is InChI=1S/C13H11BrF3NO/c1-18-12(11-3-2-6-19-11)9-7-8(13(15,16)17)4-5-10(9)14/h2-7,12,18H,1H3. The van der Waals surface area contributed by atoms with Gasteiger partial charge >= 0.3 is 6.18 Å². The van der Waals surface area contributed by atoms with Gasteiger partial charge in [-0.1, -0.05) is 15.9 Å². The fourth-order valence-corrected chi connectivity index (χ4v) is 2.32. The van der Waals surface area contributed by atoms with E-state index in [1.807, 2.05) is 0 Å². The van der Waals surface area contributed by atoms with E-state index >= 15 is 0 Å². The third-order valence-electron chi connectivity index (χ3n) is 2.75. The third-order valence-corrected chi connectivity index (χ3v) is 3.47. The summed E-state index contributed by atoms with van der Waals surface area (Å²) in [6, 6.07) is 6.53. The molecule has 1 aromatic heterocycles. The van der Waals surface area contributed by atoms with E-state index in [-0.39, 0.29) is 0 Å². The average molecular weight is 334 g/mol. The van der Waals surface area contributed by atoms with Gasteiger partial charge in [0.1, 0.15) is 5.76 Å². The molecule has 2 rings (SSSR count). The highest BCUT2D eigenvalue weighted by atomic mass is 79.9. The first-order chi connectivity index (χ1) is 8.93. The van der Waals surface area contributed by atoms with E-state index < -0.39 is 17.8 Å². The minimum Gasteiger partial charge on any atom is -0.467 e. The van der Waals surface area contributed by atoms with Crippen LogP contribution in [-0.4, -0.2) is 7.05 Å². The molecule has 6 heteroatoms. The lowest BCUT2D eigenvalue weighted by atomic mass is 10.0. The van der Waals surface area contributed by atoms with Crippen LogP contribution in [0.3, 0.4) is 0 Å². The Balaban J connectivity index is 2.48. The van der Waals surface area contributed by atoms with Gasteiger partial charge < -0.3 is 9.73 Å². The highest BCUT2D eigenvalue weighted by molar-refractivity contribution is 9.10. The predicted octanol–water partition coefficient (Wildman–Crippen LogP) is 4.37. The molecule has 0 saturated carbocycles. The summed E-state index contributed by atoms with van der Waals surface area (Å²) in [5.74, 6) is 0.558. The van der Waals surface area contributed by atoms with Crippen LogP contribution in [0, 0.1) is 0 Å². The summed E-state index contributed by atoms with van der Waals surface area (Å²) in [5, 5.41) is 2.95. The first-order valence-corrected chi connectivity index (χ1v) is 6.30. The average Bonchev–Trinajstić information content (AvgIpc) is 2.84. The van der Waals surface area contributed by atoms with Crippen LogP contribution in [0.2, 0.25) is 0 Å². The number of furan rings is 1. The summed E-state index contributed by atoms with van der Waals surface area (Å²) < 4.78 is 44.1. The van der Waals surface area contributed by atoms with Crippen molar-refractivity contribution in [1.29, 1.82) is 0 Å². The number of hydrogen-bond acceptors (Lipinski definition) is 2. The van der Waals surface area contributed by atoms with Crippen molar-refractivity contribution in [2.24, 2.45) is 0 Å². The lowest BCUT2D eigenvalue weighted by molar-refractivity contribution is -0.137. The van der Waals surface area contributed by atoms with Crippen molar-refractivity contribution < 1.29 is 17.6 Å². The summed E-state index contributed by atoms with van der Waals surface area (Å²) in [6.45, 7) is 0. The van der Waals surface area contributed by atoms with Gasteiger partial charge in [-0.15, -0.1) is 0 Å². The molecule has 0 saturated heterocycles. The summed E-state index contributed by atoms with van der Waals surface area (Å²) in [4.78, 5) is 0. The normalized spacial score (nSPS) is 13.5. The van der Waals surface area contributed by atoms with Crippen LogP contribution in [0.15, 0.2) is 45.5 Å². The molecule has 0 amide bonds. The molecule has 0 spiro atoms. The van der Waals surface area contributed by atoms with Crippen LogP contribution in [0.25, 0.3) is 0 Å². The largest absolute Gasteiger partial charge is 0.467 e. The minimum atomic E-state index is -4.36. The van der Waals surface area contributed by atoms with Gasteiger partial charge in [-0.25, -0.2) is 0 Å². The molecule has 19 heavy (non-hydrogen) atoms. The van der Waals surface area contributed by atoms with Gasteiger partial charge in [0.2, 0.25) is 0 Å². The Hall–Kier alpha value is -1.27. The Morgan fingerprint density at radius 1 is 1.26 bits per heavy atom. The van der Waals surface area contributed by atoms with E-state index in [9.17, 15) is 13.2 Å². The van der Waals surface area contributed by atoms with Crippen LogP contribution >= 0.6 is 15.9 Å². The molecule has 0 radical (unpaired) electrons. The molecule has 0 aliphatic rings. The van der Waals surface area contributed by atoms with Crippen LogP contribution < -0.4 is 5.32 Å². The number of rotatable bonds is 3. The van der Waals surface area contributed by atoms with Crippen molar-refractivity contribution in [2.75, 3.05) is 7.05 Å². The van der Waals surface area contributed by atoms with E-state index in [0.717, 1.165) is 12.1 Å². The van der Waals surface area contributed by atoms with Crippen LogP contribution in [0.4, 0.5) is 13.2 Å². The van der Waals surface area contributed by atoms with Gasteiger partial charge in [-0.05, 0) is 42.9 Å². The maximum atomic E-state index is 12.8. The fraction of sp³-hybridized carbons (Fsp3) is 0.231. The summed E-state index contributed by atoms with van der Waals surface area (Å²) >= 11 is 3.28.